The van der Waals surface area contributed by atoms with Crippen LogP contribution < -0.4 is 5.73 Å². The lowest BCUT2D eigenvalue weighted by atomic mass is 9.84. The Hall–Kier alpha value is -0.650. The lowest BCUT2D eigenvalue weighted by Gasteiger charge is -2.39. The first-order chi connectivity index (χ1) is 9.94. The minimum Gasteiger partial charge on any atom is -0.385 e. The van der Waals surface area contributed by atoms with Crippen LogP contribution in [-0.2, 0) is 10.4 Å². The summed E-state index contributed by atoms with van der Waals surface area (Å²) >= 11 is 5.89. The van der Waals surface area contributed by atoms with E-state index in [1.807, 2.05) is 31.2 Å². The molecule has 0 bridgehead atoms. The lowest BCUT2D eigenvalue weighted by molar-refractivity contribution is -0.110. The van der Waals surface area contributed by atoms with Crippen LogP contribution in [0.5, 0.6) is 0 Å². The molecular formula is C16H24Cl2N2O2. The number of piperidine rings is 1. The number of hydrogen-bond donors (Lipinski definition) is 2. The Morgan fingerprint density at radius 2 is 1.91 bits per heavy atom. The van der Waals surface area contributed by atoms with Crippen molar-refractivity contribution in [1.82, 2.24) is 4.90 Å². The molecule has 124 valence electrons. The second-order valence-corrected chi connectivity index (χ2v) is 6.47. The molecule has 1 aromatic rings. The highest BCUT2D eigenvalue weighted by Crippen LogP contribution is 2.33. The lowest BCUT2D eigenvalue weighted by Crippen LogP contribution is -2.46. The van der Waals surface area contributed by atoms with Crippen LogP contribution in [0.1, 0.15) is 25.3 Å². The van der Waals surface area contributed by atoms with Crippen LogP contribution in [0.4, 0.5) is 0 Å². The number of benzene rings is 1. The first kappa shape index (κ1) is 19.4. The van der Waals surface area contributed by atoms with Gasteiger partial charge in [-0.1, -0.05) is 30.7 Å². The van der Waals surface area contributed by atoms with Crippen LogP contribution in [0.25, 0.3) is 0 Å². The summed E-state index contributed by atoms with van der Waals surface area (Å²) in [5.74, 6) is 0.129. The molecule has 2 atom stereocenters. The maximum Gasteiger partial charge on any atom is 0.137 e. The smallest absolute Gasteiger partial charge is 0.137 e. The maximum atomic E-state index is 10.8. The number of aldehydes is 1. The first-order valence-electron chi connectivity index (χ1n) is 7.36. The van der Waals surface area contributed by atoms with Crippen molar-refractivity contribution in [3.05, 3.63) is 34.9 Å². The molecule has 1 fully saturated rings. The van der Waals surface area contributed by atoms with Gasteiger partial charge in [-0.25, -0.2) is 0 Å². The molecule has 0 amide bonds. The van der Waals surface area contributed by atoms with Gasteiger partial charge in [0, 0.05) is 24.7 Å². The zero-order valence-corrected chi connectivity index (χ0v) is 14.3. The Labute approximate surface area is 143 Å². The highest BCUT2D eigenvalue weighted by Gasteiger charge is 2.34. The molecule has 1 saturated heterocycles. The molecule has 2 unspecified atom stereocenters. The Bertz CT molecular complexity index is 474. The Morgan fingerprint density at radius 1 is 1.36 bits per heavy atom. The van der Waals surface area contributed by atoms with E-state index in [1.54, 1.807) is 0 Å². The topological polar surface area (TPSA) is 66.6 Å². The van der Waals surface area contributed by atoms with E-state index >= 15 is 0 Å². The van der Waals surface area contributed by atoms with Crippen LogP contribution in [-0.4, -0.2) is 42.0 Å². The molecule has 6 heteroatoms. The van der Waals surface area contributed by atoms with Crippen molar-refractivity contribution in [2.45, 2.75) is 31.4 Å². The van der Waals surface area contributed by atoms with Crippen molar-refractivity contribution in [2.75, 3.05) is 19.6 Å². The fourth-order valence-electron chi connectivity index (χ4n) is 2.82. The summed E-state index contributed by atoms with van der Waals surface area (Å²) in [6.07, 6.45) is 2.16. The first-order valence-corrected chi connectivity index (χ1v) is 7.74. The molecule has 1 aliphatic heterocycles. The predicted molar refractivity (Wildman–Crippen MR) is 91.5 cm³/mol. The van der Waals surface area contributed by atoms with Crippen LogP contribution in [0, 0.1) is 5.92 Å². The summed E-state index contributed by atoms with van der Waals surface area (Å²) < 4.78 is 0. The van der Waals surface area contributed by atoms with Gasteiger partial charge < -0.3 is 20.5 Å². The Kier molecular flexibility index (Phi) is 7.29. The van der Waals surface area contributed by atoms with Crippen LogP contribution in [0.3, 0.4) is 0 Å². The van der Waals surface area contributed by atoms with Gasteiger partial charge in [-0.05, 0) is 36.5 Å². The van der Waals surface area contributed by atoms with Crippen molar-refractivity contribution >= 4 is 30.3 Å². The quantitative estimate of drug-likeness (QED) is 0.802. The summed E-state index contributed by atoms with van der Waals surface area (Å²) in [4.78, 5) is 13.0. The third-order valence-electron chi connectivity index (χ3n) is 4.43. The number of hydrogen-bond acceptors (Lipinski definition) is 4. The standard InChI is InChI=1S/C16H23ClN2O2.ClH/c1-12(15(18)11-20)10-19-8-6-16(21,7-9-19)13-2-4-14(17)5-3-13;/h2-5,11-12,15,21H,6-10,18H2,1H3;1H. The van der Waals surface area contributed by atoms with Gasteiger partial charge in [-0.3, -0.25) is 0 Å². The number of likely N-dealkylation sites (tertiary alicyclic amines) is 1. The van der Waals surface area contributed by atoms with E-state index in [0.717, 1.165) is 31.5 Å². The monoisotopic (exact) mass is 346 g/mol. The number of carbonyl (C=O) groups is 1. The maximum absolute atomic E-state index is 10.8. The third kappa shape index (κ3) is 4.67. The zero-order valence-electron chi connectivity index (χ0n) is 12.7. The molecule has 22 heavy (non-hydrogen) atoms. The number of halogens is 2. The second kappa shape index (κ2) is 8.27. The summed E-state index contributed by atoms with van der Waals surface area (Å²) in [5, 5.41) is 11.5. The molecule has 1 aromatic carbocycles. The van der Waals surface area contributed by atoms with Crippen molar-refractivity contribution in [1.29, 1.82) is 0 Å². The number of nitrogens with two attached hydrogens (primary N) is 1. The van der Waals surface area contributed by atoms with Gasteiger partial charge in [0.15, 0.2) is 0 Å². The van der Waals surface area contributed by atoms with Gasteiger partial charge >= 0.3 is 0 Å². The van der Waals surface area contributed by atoms with Crippen molar-refractivity contribution in [3.8, 4) is 0 Å². The summed E-state index contributed by atoms with van der Waals surface area (Å²) in [6.45, 7) is 4.37. The normalized spacial score (nSPS) is 20.7. The molecule has 0 radical (unpaired) electrons. The fourth-order valence-corrected chi connectivity index (χ4v) is 2.94. The van der Waals surface area contributed by atoms with Crippen molar-refractivity contribution in [2.24, 2.45) is 11.7 Å². The van der Waals surface area contributed by atoms with E-state index < -0.39 is 11.6 Å². The molecule has 1 aliphatic rings. The molecule has 0 aliphatic carbocycles. The Balaban J connectivity index is 0.00000242. The fraction of sp³-hybridized carbons (Fsp3) is 0.562. The zero-order chi connectivity index (χ0) is 15.5. The Morgan fingerprint density at radius 3 is 2.41 bits per heavy atom. The van der Waals surface area contributed by atoms with Crippen LogP contribution in [0.2, 0.25) is 5.02 Å². The molecule has 4 nitrogen and oxygen atoms in total. The van der Waals surface area contributed by atoms with Gasteiger partial charge in [0.2, 0.25) is 0 Å². The van der Waals surface area contributed by atoms with E-state index in [2.05, 4.69) is 4.90 Å². The SMILES string of the molecule is CC(CN1CCC(O)(c2ccc(Cl)cc2)CC1)C(N)C=O.Cl. The number of carbonyl (C=O) groups excluding carboxylic acids is 1. The van der Waals surface area contributed by atoms with Gasteiger partial charge in [0.05, 0.1) is 11.6 Å². The predicted octanol–water partition coefficient (Wildman–Crippen LogP) is 2.21. The molecule has 2 rings (SSSR count). The largest absolute Gasteiger partial charge is 0.385 e. The summed E-state index contributed by atoms with van der Waals surface area (Å²) in [6, 6.07) is 6.99. The average molecular weight is 347 g/mol. The van der Waals surface area contributed by atoms with E-state index in [-0.39, 0.29) is 18.3 Å². The van der Waals surface area contributed by atoms with Gasteiger partial charge in [-0.15, -0.1) is 12.4 Å². The molecule has 0 saturated carbocycles. The van der Waals surface area contributed by atoms with Gasteiger partial charge in [0.25, 0.3) is 0 Å². The minimum atomic E-state index is -0.781. The van der Waals surface area contributed by atoms with Crippen LogP contribution >= 0.6 is 24.0 Å². The number of rotatable bonds is 5. The van der Waals surface area contributed by atoms with E-state index in [4.69, 9.17) is 17.3 Å². The number of aliphatic hydroxyl groups is 1. The average Bonchev–Trinajstić information content (AvgIpc) is 2.49. The third-order valence-corrected chi connectivity index (χ3v) is 4.68. The van der Waals surface area contributed by atoms with E-state index in [0.29, 0.717) is 17.9 Å². The molecule has 0 aromatic heterocycles. The molecule has 1 heterocycles. The van der Waals surface area contributed by atoms with Gasteiger partial charge in [0.1, 0.15) is 6.29 Å². The van der Waals surface area contributed by atoms with E-state index in [1.165, 1.54) is 0 Å². The molecule has 0 spiro atoms. The van der Waals surface area contributed by atoms with Crippen LogP contribution in [0.15, 0.2) is 24.3 Å². The highest BCUT2D eigenvalue weighted by atomic mass is 35.5. The van der Waals surface area contributed by atoms with Crippen molar-refractivity contribution in [3.63, 3.8) is 0 Å². The van der Waals surface area contributed by atoms with Gasteiger partial charge in [-0.2, -0.15) is 0 Å². The van der Waals surface area contributed by atoms with Crippen molar-refractivity contribution < 1.29 is 9.90 Å². The summed E-state index contributed by atoms with van der Waals surface area (Å²) in [7, 11) is 0. The second-order valence-electron chi connectivity index (χ2n) is 6.03. The van der Waals surface area contributed by atoms with E-state index in [9.17, 15) is 9.90 Å². The number of nitrogens with zero attached hydrogens (tertiary/aromatic N) is 1. The highest BCUT2D eigenvalue weighted by molar-refractivity contribution is 6.30. The molecule has 3 N–H and O–H groups in total. The summed E-state index contributed by atoms with van der Waals surface area (Å²) in [5.41, 5.74) is 5.88. The molecular weight excluding hydrogens is 323 g/mol. The minimum absolute atomic E-state index is 0.